The van der Waals surface area contributed by atoms with Gasteiger partial charge in [0.25, 0.3) is 5.91 Å². The molecule has 1 heterocycles. The molecule has 25 heavy (non-hydrogen) atoms. The fourth-order valence-electron chi connectivity index (χ4n) is 1.78. The van der Waals surface area contributed by atoms with Gasteiger partial charge in [0, 0.05) is 11.8 Å². The Labute approximate surface area is 149 Å². The average Bonchev–Trinajstić information content (AvgIpc) is 2.52. The van der Waals surface area contributed by atoms with E-state index in [1.54, 1.807) is 31.3 Å². The number of ether oxygens (including phenoxy) is 2. The minimum Gasteiger partial charge on any atom is -0.497 e. The van der Waals surface area contributed by atoms with Crippen LogP contribution in [0.2, 0.25) is 0 Å². The van der Waals surface area contributed by atoms with E-state index in [0.29, 0.717) is 22.9 Å². The van der Waals surface area contributed by atoms with E-state index in [4.69, 9.17) is 9.47 Å². The predicted molar refractivity (Wildman–Crippen MR) is 102 cm³/mol. The van der Waals surface area contributed by atoms with Gasteiger partial charge in [0.15, 0.2) is 0 Å². The number of methoxy groups -OCH3 is 1. The summed E-state index contributed by atoms with van der Waals surface area (Å²) < 4.78 is 10.5. The van der Waals surface area contributed by atoms with Crippen molar-refractivity contribution < 1.29 is 14.3 Å². The maximum absolute atomic E-state index is 12.0. The van der Waals surface area contributed by atoms with Crippen LogP contribution in [0.25, 0.3) is 6.08 Å². The van der Waals surface area contributed by atoms with Crippen LogP contribution in [0.3, 0.4) is 0 Å². The molecule has 0 aliphatic rings. The standard InChI is InChI=1S/C20H26N2O3/c1-14(12-16(3)24-7)19(23)22-18-11-10-17(13-21-18)9-8-15(2)25-20(4,5)6/h8-13H,2-3H2,1,4-7H3,(H,21,22,23)/b9-8+,14-12+. The van der Waals surface area contributed by atoms with Crippen molar-refractivity contribution >= 4 is 17.8 Å². The number of amides is 1. The molecular formula is C20H26N2O3. The molecule has 5 nitrogen and oxygen atoms in total. The van der Waals surface area contributed by atoms with Gasteiger partial charge in [-0.2, -0.15) is 0 Å². The summed E-state index contributed by atoms with van der Waals surface area (Å²) in [5.74, 6) is 1.19. The van der Waals surface area contributed by atoms with E-state index in [2.05, 4.69) is 23.5 Å². The van der Waals surface area contributed by atoms with Gasteiger partial charge >= 0.3 is 0 Å². The number of hydrogen-bond donors (Lipinski definition) is 1. The molecule has 0 aliphatic heterocycles. The van der Waals surface area contributed by atoms with Crippen molar-refractivity contribution in [3.05, 3.63) is 66.3 Å². The van der Waals surface area contributed by atoms with Crippen LogP contribution in [0.5, 0.6) is 0 Å². The lowest BCUT2D eigenvalue weighted by Gasteiger charge is -2.21. The number of carbonyl (C=O) groups excluding carboxylic acids is 1. The van der Waals surface area contributed by atoms with E-state index in [0.717, 1.165) is 5.56 Å². The first kappa shape index (κ1) is 20.2. The van der Waals surface area contributed by atoms with E-state index in [-0.39, 0.29) is 11.5 Å². The number of carbonyl (C=O) groups is 1. The zero-order chi connectivity index (χ0) is 19.0. The van der Waals surface area contributed by atoms with Crippen molar-refractivity contribution in [1.29, 1.82) is 0 Å². The number of nitrogens with one attached hydrogen (secondary N) is 1. The number of rotatable bonds is 7. The second-order valence-electron chi connectivity index (χ2n) is 6.44. The summed E-state index contributed by atoms with van der Waals surface area (Å²) in [7, 11) is 1.50. The molecule has 0 atom stereocenters. The number of pyridine rings is 1. The highest BCUT2D eigenvalue weighted by Gasteiger charge is 2.10. The molecule has 5 heteroatoms. The van der Waals surface area contributed by atoms with E-state index >= 15 is 0 Å². The van der Waals surface area contributed by atoms with Crippen molar-refractivity contribution in [3.8, 4) is 0 Å². The molecule has 1 amide bonds. The van der Waals surface area contributed by atoms with Gasteiger partial charge in [-0.1, -0.05) is 13.2 Å². The third-order valence-corrected chi connectivity index (χ3v) is 2.92. The van der Waals surface area contributed by atoms with E-state index in [9.17, 15) is 4.79 Å². The van der Waals surface area contributed by atoms with Crippen molar-refractivity contribution in [1.82, 2.24) is 4.98 Å². The molecule has 0 saturated heterocycles. The Hall–Kier alpha value is -2.82. The van der Waals surface area contributed by atoms with Gasteiger partial charge in [0.05, 0.1) is 7.11 Å². The second-order valence-corrected chi connectivity index (χ2v) is 6.44. The van der Waals surface area contributed by atoms with Crippen LogP contribution in [0.4, 0.5) is 5.82 Å². The molecule has 1 rings (SSSR count). The van der Waals surface area contributed by atoms with Gasteiger partial charge in [-0.3, -0.25) is 4.79 Å². The molecule has 0 saturated carbocycles. The molecule has 0 aliphatic carbocycles. The lowest BCUT2D eigenvalue weighted by molar-refractivity contribution is -0.112. The molecule has 1 N–H and O–H groups in total. The molecule has 0 fully saturated rings. The summed E-state index contributed by atoms with van der Waals surface area (Å²) in [6, 6.07) is 3.57. The first-order valence-electron chi connectivity index (χ1n) is 7.85. The number of allylic oxidation sites excluding steroid dienone is 2. The second kappa shape index (κ2) is 8.87. The molecule has 1 aromatic rings. The van der Waals surface area contributed by atoms with Crippen molar-refractivity contribution in [2.75, 3.05) is 12.4 Å². The fourth-order valence-corrected chi connectivity index (χ4v) is 1.78. The highest BCUT2D eigenvalue weighted by molar-refractivity contribution is 6.03. The Morgan fingerprint density at radius 1 is 1.24 bits per heavy atom. The van der Waals surface area contributed by atoms with Crippen LogP contribution in [0.1, 0.15) is 33.3 Å². The van der Waals surface area contributed by atoms with Gasteiger partial charge in [-0.25, -0.2) is 4.98 Å². The SMILES string of the molecule is C=C(/C=C(\C)C(=O)Nc1ccc(/C=C/C(=C)OC(C)(C)C)cn1)OC. The summed E-state index contributed by atoms with van der Waals surface area (Å²) in [4.78, 5) is 16.3. The molecule has 0 radical (unpaired) electrons. The first-order valence-corrected chi connectivity index (χ1v) is 7.85. The number of hydrogen-bond acceptors (Lipinski definition) is 4. The third-order valence-electron chi connectivity index (χ3n) is 2.92. The Morgan fingerprint density at radius 3 is 2.44 bits per heavy atom. The molecular weight excluding hydrogens is 316 g/mol. The first-order chi connectivity index (χ1) is 11.6. The molecule has 134 valence electrons. The average molecular weight is 342 g/mol. The minimum absolute atomic E-state index is 0.263. The molecule has 0 spiro atoms. The van der Waals surface area contributed by atoms with Crippen LogP contribution in [-0.4, -0.2) is 23.6 Å². The lowest BCUT2D eigenvalue weighted by Crippen LogP contribution is -2.17. The molecule has 0 unspecified atom stereocenters. The highest BCUT2D eigenvalue weighted by Crippen LogP contribution is 2.15. The van der Waals surface area contributed by atoms with Crippen LogP contribution in [0, 0.1) is 0 Å². The van der Waals surface area contributed by atoms with Crippen LogP contribution >= 0.6 is 0 Å². The maximum atomic E-state index is 12.0. The van der Waals surface area contributed by atoms with E-state index in [1.165, 1.54) is 7.11 Å². The highest BCUT2D eigenvalue weighted by atomic mass is 16.5. The third kappa shape index (κ3) is 8.01. The normalized spacial score (nSPS) is 12.0. The number of anilines is 1. The summed E-state index contributed by atoms with van der Waals surface area (Å²) in [6.45, 7) is 15.1. The Bertz CT molecular complexity index is 693. The van der Waals surface area contributed by atoms with Gasteiger partial charge in [-0.05, 0) is 63.6 Å². The summed E-state index contributed by atoms with van der Waals surface area (Å²) in [5.41, 5.74) is 1.07. The van der Waals surface area contributed by atoms with Crippen molar-refractivity contribution in [2.45, 2.75) is 33.3 Å². The predicted octanol–water partition coefficient (Wildman–Crippen LogP) is 4.47. The van der Waals surface area contributed by atoms with Gasteiger partial charge in [-0.15, -0.1) is 0 Å². The van der Waals surface area contributed by atoms with Gasteiger partial charge in [0.1, 0.15) is 22.9 Å². The summed E-state index contributed by atoms with van der Waals surface area (Å²) in [5, 5.41) is 2.71. The maximum Gasteiger partial charge on any atom is 0.252 e. The van der Waals surface area contributed by atoms with Gasteiger partial charge in [0.2, 0.25) is 0 Å². The van der Waals surface area contributed by atoms with Crippen LogP contribution < -0.4 is 5.32 Å². The summed E-state index contributed by atoms with van der Waals surface area (Å²) >= 11 is 0. The molecule has 0 aromatic carbocycles. The monoisotopic (exact) mass is 342 g/mol. The summed E-state index contributed by atoms with van der Waals surface area (Å²) in [6.07, 6.45) is 6.85. The Kier molecular flexibility index (Phi) is 7.18. The fraction of sp³-hybridized carbons (Fsp3) is 0.300. The smallest absolute Gasteiger partial charge is 0.252 e. The van der Waals surface area contributed by atoms with Crippen molar-refractivity contribution in [3.63, 3.8) is 0 Å². The molecule has 1 aromatic heterocycles. The van der Waals surface area contributed by atoms with Crippen LogP contribution in [-0.2, 0) is 14.3 Å². The zero-order valence-electron chi connectivity index (χ0n) is 15.6. The number of nitrogens with zero attached hydrogens (tertiary/aromatic N) is 1. The number of aromatic nitrogens is 1. The largest absolute Gasteiger partial charge is 0.497 e. The van der Waals surface area contributed by atoms with Gasteiger partial charge < -0.3 is 14.8 Å². The van der Waals surface area contributed by atoms with E-state index in [1.807, 2.05) is 32.9 Å². The topological polar surface area (TPSA) is 60.5 Å². The minimum atomic E-state index is -0.284. The lowest BCUT2D eigenvalue weighted by atomic mass is 10.2. The Morgan fingerprint density at radius 2 is 1.92 bits per heavy atom. The van der Waals surface area contributed by atoms with E-state index < -0.39 is 0 Å². The van der Waals surface area contributed by atoms with Crippen molar-refractivity contribution in [2.24, 2.45) is 0 Å². The Balaban J connectivity index is 2.68. The quantitative estimate of drug-likeness (QED) is 0.451. The zero-order valence-corrected chi connectivity index (χ0v) is 15.6. The van der Waals surface area contributed by atoms with Crippen LogP contribution in [0.15, 0.2) is 60.7 Å². The molecule has 0 bridgehead atoms.